The van der Waals surface area contributed by atoms with Gasteiger partial charge in [0.25, 0.3) is 5.91 Å². The van der Waals surface area contributed by atoms with Gasteiger partial charge in [0.1, 0.15) is 5.15 Å². The molecule has 2 aromatic rings. The Morgan fingerprint density at radius 2 is 1.95 bits per heavy atom. The van der Waals surface area contributed by atoms with Crippen molar-refractivity contribution in [3.8, 4) is 0 Å². The Kier molecular flexibility index (Phi) is 5.34. The summed E-state index contributed by atoms with van der Waals surface area (Å²) >= 11 is 5.97. The maximum atomic E-state index is 12.4. The highest BCUT2D eigenvalue weighted by Crippen LogP contribution is 2.18. The summed E-state index contributed by atoms with van der Waals surface area (Å²) in [5.41, 5.74) is 2.48. The van der Waals surface area contributed by atoms with Crippen molar-refractivity contribution >= 4 is 17.5 Å². The number of aromatic nitrogens is 1. The molecule has 1 aromatic heterocycles. The van der Waals surface area contributed by atoms with Crippen LogP contribution in [0.4, 0.5) is 0 Å². The standard InChI is InChI=1S/C17H19ClN2O/c1-3-14-10-13(11-16(18)19-14)17(21)20-15(4-2)12-8-6-5-7-9-12/h5-11,15H,3-4H2,1-2H3,(H,20,21). The Bertz CT molecular complexity index is 613. The molecule has 2 rings (SSSR count). The van der Waals surface area contributed by atoms with Gasteiger partial charge >= 0.3 is 0 Å². The first-order valence-corrected chi connectivity index (χ1v) is 7.54. The Labute approximate surface area is 130 Å². The molecule has 1 heterocycles. The molecule has 1 atom stereocenters. The van der Waals surface area contributed by atoms with Gasteiger partial charge in [0.2, 0.25) is 0 Å². The van der Waals surface area contributed by atoms with Gasteiger partial charge in [-0.25, -0.2) is 4.98 Å². The molecule has 0 saturated heterocycles. The second kappa shape index (κ2) is 7.23. The molecule has 1 aromatic carbocycles. The number of carbonyl (C=O) groups excluding carboxylic acids is 1. The number of nitrogens with zero attached hydrogens (tertiary/aromatic N) is 1. The summed E-state index contributed by atoms with van der Waals surface area (Å²) in [4.78, 5) is 16.6. The summed E-state index contributed by atoms with van der Waals surface area (Å²) < 4.78 is 0. The largest absolute Gasteiger partial charge is 0.345 e. The molecule has 0 saturated carbocycles. The van der Waals surface area contributed by atoms with Crippen LogP contribution >= 0.6 is 11.6 Å². The molecule has 0 bridgehead atoms. The van der Waals surface area contributed by atoms with Gasteiger partial charge in [0.15, 0.2) is 0 Å². The zero-order valence-electron chi connectivity index (χ0n) is 12.3. The second-order valence-corrected chi connectivity index (χ2v) is 5.26. The topological polar surface area (TPSA) is 42.0 Å². The van der Waals surface area contributed by atoms with E-state index in [1.54, 1.807) is 12.1 Å². The molecule has 1 N–H and O–H groups in total. The lowest BCUT2D eigenvalue weighted by atomic mass is 10.0. The molecule has 0 aliphatic carbocycles. The minimum Gasteiger partial charge on any atom is -0.345 e. The smallest absolute Gasteiger partial charge is 0.251 e. The molecule has 0 aliphatic heterocycles. The highest BCUT2D eigenvalue weighted by Gasteiger charge is 2.15. The number of pyridine rings is 1. The lowest BCUT2D eigenvalue weighted by Crippen LogP contribution is -2.28. The van der Waals surface area contributed by atoms with E-state index >= 15 is 0 Å². The molecule has 110 valence electrons. The van der Waals surface area contributed by atoms with Crippen LogP contribution in [0.15, 0.2) is 42.5 Å². The Morgan fingerprint density at radius 1 is 1.24 bits per heavy atom. The predicted octanol–water partition coefficient (Wildman–Crippen LogP) is 4.18. The molecule has 0 radical (unpaired) electrons. The molecule has 0 spiro atoms. The first-order valence-electron chi connectivity index (χ1n) is 7.16. The number of aryl methyl sites for hydroxylation is 1. The fraction of sp³-hybridized carbons (Fsp3) is 0.294. The summed E-state index contributed by atoms with van der Waals surface area (Å²) in [5.74, 6) is -0.121. The molecule has 21 heavy (non-hydrogen) atoms. The lowest BCUT2D eigenvalue weighted by Gasteiger charge is -2.17. The van der Waals surface area contributed by atoms with E-state index in [9.17, 15) is 4.79 Å². The molecule has 0 fully saturated rings. The number of amides is 1. The number of hydrogen-bond acceptors (Lipinski definition) is 2. The zero-order valence-corrected chi connectivity index (χ0v) is 13.0. The van der Waals surface area contributed by atoms with Crippen LogP contribution in [0.2, 0.25) is 5.15 Å². The van der Waals surface area contributed by atoms with E-state index < -0.39 is 0 Å². The summed E-state index contributed by atoms with van der Waals surface area (Å²) in [5, 5.41) is 3.41. The predicted molar refractivity (Wildman–Crippen MR) is 85.6 cm³/mol. The normalized spacial score (nSPS) is 12.0. The van der Waals surface area contributed by atoms with Gasteiger partial charge < -0.3 is 5.32 Å². The van der Waals surface area contributed by atoms with Crippen molar-refractivity contribution in [2.75, 3.05) is 0 Å². The average molecular weight is 303 g/mol. The first kappa shape index (κ1) is 15.5. The van der Waals surface area contributed by atoms with E-state index in [-0.39, 0.29) is 11.9 Å². The number of benzene rings is 1. The van der Waals surface area contributed by atoms with Crippen LogP contribution in [-0.4, -0.2) is 10.9 Å². The highest BCUT2D eigenvalue weighted by atomic mass is 35.5. The fourth-order valence-corrected chi connectivity index (χ4v) is 2.44. The van der Waals surface area contributed by atoms with Crippen LogP contribution in [0.3, 0.4) is 0 Å². The summed E-state index contributed by atoms with van der Waals surface area (Å²) in [6, 6.07) is 13.3. The Morgan fingerprint density at radius 3 is 2.57 bits per heavy atom. The molecule has 3 nitrogen and oxygen atoms in total. The number of rotatable bonds is 5. The minimum absolute atomic E-state index is 0.00397. The van der Waals surface area contributed by atoms with E-state index in [0.29, 0.717) is 10.7 Å². The SMILES string of the molecule is CCc1cc(C(=O)NC(CC)c2ccccc2)cc(Cl)n1. The summed E-state index contributed by atoms with van der Waals surface area (Å²) in [7, 11) is 0. The van der Waals surface area contributed by atoms with Crippen LogP contribution in [0, 0.1) is 0 Å². The second-order valence-electron chi connectivity index (χ2n) is 4.87. The molecular formula is C17H19ClN2O. The van der Waals surface area contributed by atoms with E-state index in [1.807, 2.05) is 37.3 Å². The maximum Gasteiger partial charge on any atom is 0.251 e. The Hall–Kier alpha value is -1.87. The quantitative estimate of drug-likeness (QED) is 0.842. The monoisotopic (exact) mass is 302 g/mol. The fourth-order valence-electron chi connectivity index (χ4n) is 2.21. The number of nitrogens with one attached hydrogen (secondary N) is 1. The summed E-state index contributed by atoms with van der Waals surface area (Å²) in [6.45, 7) is 4.04. The van der Waals surface area contributed by atoms with Gasteiger partial charge in [-0.05, 0) is 30.5 Å². The van der Waals surface area contributed by atoms with Gasteiger partial charge in [-0.2, -0.15) is 0 Å². The highest BCUT2D eigenvalue weighted by molar-refractivity contribution is 6.29. The third kappa shape index (κ3) is 4.05. The van der Waals surface area contributed by atoms with Crippen molar-refractivity contribution in [3.05, 3.63) is 64.4 Å². The van der Waals surface area contributed by atoms with Crippen molar-refractivity contribution < 1.29 is 4.79 Å². The number of hydrogen-bond donors (Lipinski definition) is 1. The van der Waals surface area contributed by atoms with E-state index in [4.69, 9.17) is 11.6 Å². The third-order valence-electron chi connectivity index (χ3n) is 3.39. The van der Waals surface area contributed by atoms with Crippen molar-refractivity contribution in [2.24, 2.45) is 0 Å². The van der Waals surface area contributed by atoms with Gasteiger partial charge in [0, 0.05) is 11.3 Å². The minimum atomic E-state index is -0.121. The van der Waals surface area contributed by atoms with E-state index in [0.717, 1.165) is 24.1 Å². The maximum absolute atomic E-state index is 12.4. The molecular weight excluding hydrogens is 284 g/mol. The number of carbonyl (C=O) groups is 1. The summed E-state index contributed by atoms with van der Waals surface area (Å²) in [6.07, 6.45) is 1.58. The average Bonchev–Trinajstić information content (AvgIpc) is 2.52. The third-order valence-corrected chi connectivity index (χ3v) is 3.58. The van der Waals surface area contributed by atoms with E-state index in [2.05, 4.69) is 17.2 Å². The van der Waals surface area contributed by atoms with Crippen molar-refractivity contribution in [3.63, 3.8) is 0 Å². The van der Waals surface area contributed by atoms with Crippen LogP contribution < -0.4 is 5.32 Å². The van der Waals surface area contributed by atoms with Crippen LogP contribution in [0.25, 0.3) is 0 Å². The molecule has 0 aliphatic rings. The molecule has 1 amide bonds. The van der Waals surface area contributed by atoms with Crippen molar-refractivity contribution in [2.45, 2.75) is 32.7 Å². The zero-order chi connectivity index (χ0) is 15.2. The Balaban J connectivity index is 2.18. The molecule has 1 unspecified atom stereocenters. The molecule has 4 heteroatoms. The van der Waals surface area contributed by atoms with Gasteiger partial charge in [-0.15, -0.1) is 0 Å². The van der Waals surface area contributed by atoms with Crippen molar-refractivity contribution in [1.82, 2.24) is 10.3 Å². The van der Waals surface area contributed by atoms with Gasteiger partial charge in [0.05, 0.1) is 6.04 Å². The van der Waals surface area contributed by atoms with Gasteiger partial charge in [-0.1, -0.05) is 55.8 Å². The van der Waals surface area contributed by atoms with Crippen LogP contribution in [-0.2, 0) is 6.42 Å². The number of halogens is 1. The lowest BCUT2D eigenvalue weighted by molar-refractivity contribution is 0.0935. The van der Waals surface area contributed by atoms with E-state index in [1.165, 1.54) is 0 Å². The van der Waals surface area contributed by atoms with Crippen LogP contribution in [0.5, 0.6) is 0 Å². The first-order chi connectivity index (χ1) is 10.1. The van der Waals surface area contributed by atoms with Crippen LogP contribution in [0.1, 0.15) is 47.9 Å². The van der Waals surface area contributed by atoms with Crippen molar-refractivity contribution in [1.29, 1.82) is 0 Å². The van der Waals surface area contributed by atoms with Gasteiger partial charge in [-0.3, -0.25) is 4.79 Å².